The van der Waals surface area contributed by atoms with Gasteiger partial charge in [0.2, 0.25) is 0 Å². The van der Waals surface area contributed by atoms with Crippen molar-refractivity contribution in [3.05, 3.63) is 34.9 Å². The van der Waals surface area contributed by atoms with Crippen LogP contribution in [0.1, 0.15) is 30.0 Å². The second-order valence-corrected chi connectivity index (χ2v) is 4.89. The van der Waals surface area contributed by atoms with Crippen molar-refractivity contribution in [1.82, 2.24) is 10.2 Å². The molecule has 18 heavy (non-hydrogen) atoms. The van der Waals surface area contributed by atoms with Gasteiger partial charge in [0.05, 0.1) is 0 Å². The van der Waals surface area contributed by atoms with Gasteiger partial charge in [0.15, 0.2) is 0 Å². The molecular formula is C15H24N2O. The van der Waals surface area contributed by atoms with Crippen LogP contribution in [0, 0.1) is 0 Å². The van der Waals surface area contributed by atoms with Gasteiger partial charge in [-0.3, -0.25) is 4.90 Å². The Morgan fingerprint density at radius 1 is 1.28 bits per heavy atom. The van der Waals surface area contributed by atoms with Crippen LogP contribution in [0.2, 0.25) is 0 Å². The van der Waals surface area contributed by atoms with Gasteiger partial charge in [-0.2, -0.15) is 0 Å². The molecule has 0 aromatic heterocycles. The van der Waals surface area contributed by atoms with Gasteiger partial charge in [0.1, 0.15) is 0 Å². The van der Waals surface area contributed by atoms with E-state index in [2.05, 4.69) is 35.3 Å². The number of hydrogen-bond donors (Lipinski definition) is 1. The first-order valence-electron chi connectivity index (χ1n) is 6.89. The molecule has 1 aliphatic heterocycles. The lowest BCUT2D eigenvalue weighted by Crippen LogP contribution is -2.19. The van der Waals surface area contributed by atoms with Crippen molar-refractivity contribution >= 4 is 0 Å². The Balaban J connectivity index is 1.83. The van der Waals surface area contributed by atoms with Crippen LogP contribution in [-0.2, 0) is 24.4 Å². The van der Waals surface area contributed by atoms with E-state index in [0.29, 0.717) is 0 Å². The van der Waals surface area contributed by atoms with E-state index in [-0.39, 0.29) is 0 Å². The maximum atomic E-state index is 5.39. The van der Waals surface area contributed by atoms with Gasteiger partial charge in [-0.1, -0.05) is 18.2 Å². The van der Waals surface area contributed by atoms with Crippen LogP contribution in [0.15, 0.2) is 18.2 Å². The quantitative estimate of drug-likeness (QED) is 0.748. The Morgan fingerprint density at radius 2 is 2.11 bits per heavy atom. The summed E-state index contributed by atoms with van der Waals surface area (Å²) in [7, 11) is 1.99. The molecule has 1 heterocycles. The third-order valence-electron chi connectivity index (χ3n) is 3.41. The molecule has 0 radical (unpaired) electrons. The van der Waals surface area contributed by atoms with Crippen LogP contribution in [0.5, 0.6) is 0 Å². The highest BCUT2D eigenvalue weighted by atomic mass is 16.5. The number of rotatable bonds is 7. The average Bonchev–Trinajstić information content (AvgIpc) is 2.77. The minimum atomic E-state index is 0.827. The second-order valence-electron chi connectivity index (χ2n) is 4.89. The molecule has 100 valence electrons. The van der Waals surface area contributed by atoms with E-state index in [4.69, 9.17) is 4.74 Å². The number of nitrogens with one attached hydrogen (secondary N) is 1. The monoisotopic (exact) mass is 248 g/mol. The Kier molecular flexibility index (Phi) is 5.17. The fourth-order valence-electron chi connectivity index (χ4n) is 2.53. The predicted molar refractivity (Wildman–Crippen MR) is 74.4 cm³/mol. The van der Waals surface area contributed by atoms with Crippen LogP contribution in [0.25, 0.3) is 0 Å². The summed E-state index contributed by atoms with van der Waals surface area (Å²) in [6.45, 7) is 8.05. The zero-order chi connectivity index (χ0) is 12.8. The molecule has 0 saturated carbocycles. The lowest BCUT2D eigenvalue weighted by molar-refractivity contribution is 0.131. The Hall–Kier alpha value is -0.900. The zero-order valence-electron chi connectivity index (χ0n) is 11.5. The van der Waals surface area contributed by atoms with Crippen LogP contribution in [0.4, 0.5) is 0 Å². The molecule has 0 bridgehead atoms. The first kappa shape index (κ1) is 13.5. The number of fused-ring (bicyclic) bond motifs is 1. The number of benzene rings is 1. The van der Waals surface area contributed by atoms with Crippen LogP contribution < -0.4 is 5.32 Å². The molecule has 0 fully saturated rings. The highest BCUT2D eigenvalue weighted by Crippen LogP contribution is 2.23. The van der Waals surface area contributed by atoms with Crippen LogP contribution in [0.3, 0.4) is 0 Å². The molecule has 0 aliphatic carbocycles. The number of nitrogens with zero attached hydrogens (tertiary/aromatic N) is 1. The highest BCUT2D eigenvalue weighted by molar-refractivity contribution is 5.34. The fraction of sp³-hybridized carbons (Fsp3) is 0.600. The molecule has 1 N–H and O–H groups in total. The summed E-state index contributed by atoms with van der Waals surface area (Å²) in [6.07, 6.45) is 1.13. The average molecular weight is 248 g/mol. The number of hydrogen-bond acceptors (Lipinski definition) is 3. The first-order chi connectivity index (χ1) is 8.83. The zero-order valence-corrected chi connectivity index (χ0v) is 11.5. The summed E-state index contributed by atoms with van der Waals surface area (Å²) in [5, 5.41) is 3.20. The predicted octanol–water partition coefficient (Wildman–Crippen LogP) is 2.15. The fourth-order valence-corrected chi connectivity index (χ4v) is 2.53. The standard InChI is InChI=1S/C15H24N2O/c1-3-18-8-4-7-17-11-14-6-5-13(10-16-2)9-15(14)12-17/h5-6,9,16H,3-4,7-8,10-12H2,1-2H3. The second kappa shape index (κ2) is 6.88. The normalized spacial score (nSPS) is 15.0. The van der Waals surface area contributed by atoms with E-state index in [0.717, 1.165) is 45.8 Å². The van der Waals surface area contributed by atoms with E-state index >= 15 is 0 Å². The highest BCUT2D eigenvalue weighted by Gasteiger charge is 2.18. The first-order valence-corrected chi connectivity index (χ1v) is 6.89. The van der Waals surface area contributed by atoms with E-state index in [1.165, 1.54) is 16.7 Å². The summed E-state index contributed by atoms with van der Waals surface area (Å²) in [5.74, 6) is 0. The van der Waals surface area contributed by atoms with Gasteiger partial charge in [-0.25, -0.2) is 0 Å². The van der Waals surface area contributed by atoms with Gasteiger partial charge in [0.25, 0.3) is 0 Å². The number of ether oxygens (including phenoxy) is 1. The molecule has 0 atom stereocenters. The van der Waals surface area contributed by atoms with Gasteiger partial charge < -0.3 is 10.1 Å². The summed E-state index contributed by atoms with van der Waals surface area (Å²) >= 11 is 0. The Bertz CT molecular complexity index is 379. The van der Waals surface area contributed by atoms with Gasteiger partial charge in [0, 0.05) is 39.4 Å². The van der Waals surface area contributed by atoms with Crippen molar-refractivity contribution in [2.45, 2.75) is 33.0 Å². The van der Waals surface area contributed by atoms with Crippen molar-refractivity contribution in [3.8, 4) is 0 Å². The smallest absolute Gasteiger partial charge is 0.0478 e. The molecule has 1 aromatic carbocycles. The molecule has 0 spiro atoms. The van der Waals surface area contributed by atoms with Gasteiger partial charge in [-0.15, -0.1) is 0 Å². The molecule has 0 unspecified atom stereocenters. The molecule has 3 heteroatoms. The maximum Gasteiger partial charge on any atom is 0.0478 e. The summed E-state index contributed by atoms with van der Waals surface area (Å²) in [5.41, 5.74) is 4.37. The SMILES string of the molecule is CCOCCCN1Cc2ccc(CNC)cc2C1. The summed E-state index contributed by atoms with van der Waals surface area (Å²) < 4.78 is 5.39. The van der Waals surface area contributed by atoms with Crippen LogP contribution >= 0.6 is 0 Å². The van der Waals surface area contributed by atoms with E-state index in [9.17, 15) is 0 Å². The van der Waals surface area contributed by atoms with Gasteiger partial charge >= 0.3 is 0 Å². The van der Waals surface area contributed by atoms with Crippen molar-refractivity contribution in [3.63, 3.8) is 0 Å². The lowest BCUT2D eigenvalue weighted by atomic mass is 10.1. The van der Waals surface area contributed by atoms with E-state index < -0.39 is 0 Å². The van der Waals surface area contributed by atoms with Crippen molar-refractivity contribution in [2.75, 3.05) is 26.8 Å². The maximum absolute atomic E-state index is 5.39. The van der Waals surface area contributed by atoms with E-state index in [1.54, 1.807) is 0 Å². The van der Waals surface area contributed by atoms with Crippen LogP contribution in [-0.4, -0.2) is 31.7 Å². The molecule has 0 amide bonds. The topological polar surface area (TPSA) is 24.5 Å². The molecule has 2 rings (SSSR count). The molecule has 1 aliphatic rings. The summed E-state index contributed by atoms with van der Waals surface area (Å²) in [4.78, 5) is 2.51. The molecule has 3 nitrogen and oxygen atoms in total. The lowest BCUT2D eigenvalue weighted by Gasteiger charge is -2.14. The molecular weight excluding hydrogens is 224 g/mol. The van der Waals surface area contributed by atoms with Gasteiger partial charge in [-0.05, 0) is 37.1 Å². The van der Waals surface area contributed by atoms with Crippen molar-refractivity contribution in [1.29, 1.82) is 0 Å². The third kappa shape index (κ3) is 3.55. The largest absolute Gasteiger partial charge is 0.382 e. The minimum absolute atomic E-state index is 0.827. The minimum Gasteiger partial charge on any atom is -0.382 e. The Labute approximate surface area is 110 Å². The van der Waals surface area contributed by atoms with Crippen molar-refractivity contribution < 1.29 is 4.74 Å². The molecule has 1 aromatic rings. The van der Waals surface area contributed by atoms with E-state index in [1.807, 2.05) is 7.05 Å². The Morgan fingerprint density at radius 3 is 2.89 bits per heavy atom. The summed E-state index contributed by atoms with van der Waals surface area (Å²) in [6, 6.07) is 6.86. The third-order valence-corrected chi connectivity index (χ3v) is 3.41. The van der Waals surface area contributed by atoms with Crippen molar-refractivity contribution in [2.24, 2.45) is 0 Å². The molecule has 0 saturated heterocycles.